The molecular formula is C20H21FN3O2S2+. The molecule has 0 aliphatic carbocycles. The number of anilines is 1. The van der Waals surface area contributed by atoms with Crippen LogP contribution in [0, 0.1) is 5.82 Å². The van der Waals surface area contributed by atoms with Crippen LogP contribution in [0.2, 0.25) is 0 Å². The number of aromatic nitrogens is 1. The summed E-state index contributed by atoms with van der Waals surface area (Å²) in [7, 11) is 0. The molecule has 3 aromatic rings. The first kappa shape index (κ1) is 19.2. The van der Waals surface area contributed by atoms with Crippen LogP contribution in [0.5, 0.6) is 0 Å². The zero-order valence-electron chi connectivity index (χ0n) is 15.3. The Balaban J connectivity index is 1.56. The molecule has 0 spiro atoms. The van der Waals surface area contributed by atoms with Crippen molar-refractivity contribution in [1.82, 2.24) is 4.98 Å². The summed E-state index contributed by atoms with van der Waals surface area (Å²) in [6.07, 6.45) is 3.42. The van der Waals surface area contributed by atoms with Gasteiger partial charge in [0.1, 0.15) is 18.9 Å². The van der Waals surface area contributed by atoms with E-state index in [1.807, 2.05) is 23.6 Å². The fraction of sp³-hybridized carbons (Fsp3) is 0.300. The van der Waals surface area contributed by atoms with E-state index in [0.717, 1.165) is 42.4 Å². The van der Waals surface area contributed by atoms with Gasteiger partial charge in [0.15, 0.2) is 5.13 Å². The van der Waals surface area contributed by atoms with E-state index in [9.17, 15) is 9.18 Å². The highest BCUT2D eigenvalue weighted by atomic mass is 32.1. The first-order valence-corrected chi connectivity index (χ1v) is 10.9. The smallest absolute Gasteiger partial charge is 0.253 e. The zero-order chi connectivity index (χ0) is 19.3. The number of amides is 1. The van der Waals surface area contributed by atoms with Crippen molar-refractivity contribution >= 4 is 50.0 Å². The van der Waals surface area contributed by atoms with E-state index in [2.05, 4.69) is 4.98 Å². The number of fused-ring (bicyclic) bond motifs is 1. The Morgan fingerprint density at radius 1 is 1.32 bits per heavy atom. The van der Waals surface area contributed by atoms with E-state index in [0.29, 0.717) is 17.2 Å². The number of nitrogens with one attached hydrogen (secondary N) is 1. The SMILES string of the molecule is O=C(/C=C/c1cccs1)N(CC[NH+]1CCOCC1)c1nc2ccc(F)cc2s1. The van der Waals surface area contributed by atoms with E-state index < -0.39 is 0 Å². The molecule has 146 valence electrons. The van der Waals surface area contributed by atoms with Crippen LogP contribution in [0.3, 0.4) is 0 Å². The highest BCUT2D eigenvalue weighted by molar-refractivity contribution is 7.22. The highest BCUT2D eigenvalue weighted by Crippen LogP contribution is 2.29. The van der Waals surface area contributed by atoms with Crippen LogP contribution < -0.4 is 9.80 Å². The molecule has 0 unspecified atom stereocenters. The second kappa shape index (κ2) is 8.91. The maximum Gasteiger partial charge on any atom is 0.253 e. The lowest BCUT2D eigenvalue weighted by Crippen LogP contribution is -3.14. The lowest BCUT2D eigenvalue weighted by Gasteiger charge is -2.26. The molecule has 0 saturated carbocycles. The molecule has 1 fully saturated rings. The van der Waals surface area contributed by atoms with Crippen molar-refractivity contribution in [2.45, 2.75) is 0 Å². The molecule has 1 amide bonds. The van der Waals surface area contributed by atoms with E-state index >= 15 is 0 Å². The van der Waals surface area contributed by atoms with Gasteiger partial charge in [-0.2, -0.15) is 0 Å². The second-order valence-corrected chi connectivity index (χ2v) is 8.55. The molecule has 4 rings (SSSR count). The zero-order valence-corrected chi connectivity index (χ0v) is 16.9. The first-order chi connectivity index (χ1) is 13.7. The van der Waals surface area contributed by atoms with Crippen LogP contribution in [-0.2, 0) is 9.53 Å². The molecular weight excluding hydrogens is 397 g/mol. The minimum absolute atomic E-state index is 0.111. The van der Waals surface area contributed by atoms with E-state index in [1.54, 1.807) is 28.4 Å². The average Bonchev–Trinajstić information content (AvgIpc) is 3.36. The third kappa shape index (κ3) is 4.64. The minimum atomic E-state index is -0.295. The topological polar surface area (TPSA) is 46.9 Å². The molecule has 1 aromatic carbocycles. The number of benzene rings is 1. The predicted octanol–water partition coefficient (Wildman–Crippen LogP) is 2.46. The van der Waals surface area contributed by atoms with Gasteiger partial charge in [-0.15, -0.1) is 11.3 Å². The third-order valence-electron chi connectivity index (χ3n) is 4.66. The average molecular weight is 419 g/mol. The van der Waals surface area contributed by atoms with Crippen molar-refractivity contribution < 1.29 is 18.8 Å². The maximum atomic E-state index is 13.5. The van der Waals surface area contributed by atoms with Gasteiger partial charge in [-0.25, -0.2) is 9.37 Å². The largest absolute Gasteiger partial charge is 0.370 e. The van der Waals surface area contributed by atoms with Crippen molar-refractivity contribution in [1.29, 1.82) is 0 Å². The van der Waals surface area contributed by atoms with Gasteiger partial charge in [0.05, 0.1) is 36.5 Å². The van der Waals surface area contributed by atoms with Gasteiger partial charge in [-0.1, -0.05) is 17.4 Å². The fourth-order valence-corrected chi connectivity index (χ4v) is 4.75. The molecule has 0 atom stereocenters. The summed E-state index contributed by atoms with van der Waals surface area (Å²) in [6, 6.07) is 8.44. The number of quaternary nitrogens is 1. The fourth-order valence-electron chi connectivity index (χ4n) is 3.11. The third-order valence-corrected chi connectivity index (χ3v) is 6.54. The lowest BCUT2D eigenvalue weighted by atomic mass is 10.3. The van der Waals surface area contributed by atoms with Gasteiger partial charge >= 0.3 is 0 Å². The Hall–Kier alpha value is -2.13. The summed E-state index contributed by atoms with van der Waals surface area (Å²) < 4.78 is 19.7. The molecule has 1 saturated heterocycles. The Morgan fingerprint density at radius 2 is 2.18 bits per heavy atom. The van der Waals surface area contributed by atoms with Crippen molar-refractivity contribution in [2.24, 2.45) is 0 Å². The van der Waals surface area contributed by atoms with Gasteiger partial charge in [-0.05, 0) is 35.7 Å². The van der Waals surface area contributed by atoms with Crippen LogP contribution in [0.4, 0.5) is 9.52 Å². The van der Waals surface area contributed by atoms with Gasteiger partial charge in [-0.3, -0.25) is 9.69 Å². The van der Waals surface area contributed by atoms with Crippen molar-refractivity contribution in [2.75, 3.05) is 44.3 Å². The number of morpholine rings is 1. The summed E-state index contributed by atoms with van der Waals surface area (Å²) in [4.78, 5) is 21.7. The van der Waals surface area contributed by atoms with Gasteiger partial charge in [0.25, 0.3) is 5.91 Å². The normalized spacial score (nSPS) is 15.5. The van der Waals surface area contributed by atoms with Gasteiger partial charge in [0, 0.05) is 11.0 Å². The number of carbonyl (C=O) groups excluding carboxylic acids is 1. The maximum absolute atomic E-state index is 13.5. The molecule has 5 nitrogen and oxygen atoms in total. The monoisotopic (exact) mass is 418 g/mol. The van der Waals surface area contributed by atoms with Crippen molar-refractivity contribution in [3.05, 3.63) is 52.5 Å². The summed E-state index contributed by atoms with van der Waals surface area (Å²) in [6.45, 7) is 4.78. The molecule has 8 heteroatoms. The van der Waals surface area contributed by atoms with Crippen LogP contribution in [0.15, 0.2) is 41.8 Å². The Labute approximate surface area is 170 Å². The molecule has 28 heavy (non-hydrogen) atoms. The molecule has 1 aliphatic rings. The highest BCUT2D eigenvalue weighted by Gasteiger charge is 2.21. The number of hydrogen-bond donors (Lipinski definition) is 1. The Bertz CT molecular complexity index is 965. The first-order valence-electron chi connectivity index (χ1n) is 9.19. The molecule has 0 bridgehead atoms. The Kier molecular flexibility index (Phi) is 6.11. The molecule has 3 heterocycles. The number of nitrogens with zero attached hydrogens (tertiary/aromatic N) is 2. The number of halogens is 1. The van der Waals surface area contributed by atoms with Crippen molar-refractivity contribution in [3.8, 4) is 0 Å². The number of ether oxygens (including phenoxy) is 1. The number of thiazole rings is 1. The summed E-state index contributed by atoms with van der Waals surface area (Å²) in [5, 5.41) is 2.58. The van der Waals surface area contributed by atoms with Crippen LogP contribution in [0.1, 0.15) is 4.88 Å². The summed E-state index contributed by atoms with van der Waals surface area (Å²) in [5.74, 6) is -0.406. The van der Waals surface area contributed by atoms with E-state index in [-0.39, 0.29) is 11.7 Å². The minimum Gasteiger partial charge on any atom is -0.370 e. The quantitative estimate of drug-likeness (QED) is 0.626. The number of hydrogen-bond acceptors (Lipinski definition) is 5. The van der Waals surface area contributed by atoms with E-state index in [1.165, 1.54) is 28.4 Å². The lowest BCUT2D eigenvalue weighted by molar-refractivity contribution is -0.906. The molecule has 2 aromatic heterocycles. The number of carbonyl (C=O) groups is 1. The summed E-state index contributed by atoms with van der Waals surface area (Å²) >= 11 is 2.93. The van der Waals surface area contributed by atoms with Crippen molar-refractivity contribution in [3.63, 3.8) is 0 Å². The molecule has 1 aliphatic heterocycles. The van der Waals surface area contributed by atoms with Crippen LogP contribution in [-0.4, -0.2) is 50.3 Å². The van der Waals surface area contributed by atoms with Gasteiger partial charge in [0.2, 0.25) is 0 Å². The van der Waals surface area contributed by atoms with E-state index in [4.69, 9.17) is 4.74 Å². The number of rotatable bonds is 6. The summed E-state index contributed by atoms with van der Waals surface area (Å²) in [5.41, 5.74) is 0.708. The Morgan fingerprint density at radius 3 is 2.96 bits per heavy atom. The van der Waals surface area contributed by atoms with Gasteiger partial charge < -0.3 is 9.64 Å². The second-order valence-electron chi connectivity index (χ2n) is 6.56. The number of thiophene rings is 1. The van der Waals surface area contributed by atoms with Crippen LogP contribution >= 0.6 is 22.7 Å². The standard InChI is InChI=1S/C20H20FN3O2S2/c21-15-3-5-17-18(14-15)28-20(22-17)24(8-7-23-9-11-26-12-10-23)19(25)6-4-16-2-1-13-27-16/h1-6,13-14H,7-12H2/p+1/b6-4+. The molecule has 0 radical (unpaired) electrons. The molecule has 1 N–H and O–H groups in total. The predicted molar refractivity (Wildman–Crippen MR) is 112 cm³/mol. The van der Waals surface area contributed by atoms with Crippen LogP contribution in [0.25, 0.3) is 16.3 Å².